The lowest BCUT2D eigenvalue weighted by atomic mass is 9.79. The van der Waals surface area contributed by atoms with Gasteiger partial charge in [-0.15, -0.1) is 0 Å². The zero-order valence-corrected chi connectivity index (χ0v) is 13.8. The molecule has 2 amide bonds. The van der Waals surface area contributed by atoms with Crippen LogP contribution in [0.3, 0.4) is 0 Å². The summed E-state index contributed by atoms with van der Waals surface area (Å²) in [6.45, 7) is 3.48. The third-order valence-electron chi connectivity index (χ3n) is 4.27. The number of aliphatic hydroxyl groups is 1. The number of ether oxygens (including phenoxy) is 1. The number of methoxy groups -OCH3 is 1. The van der Waals surface area contributed by atoms with Crippen molar-refractivity contribution in [2.75, 3.05) is 20.3 Å². The first-order valence-corrected chi connectivity index (χ1v) is 7.69. The van der Waals surface area contributed by atoms with Crippen molar-refractivity contribution in [1.29, 1.82) is 0 Å². The number of amides is 2. The van der Waals surface area contributed by atoms with Crippen LogP contribution in [-0.4, -0.2) is 53.7 Å². The number of hydrogen-bond donors (Lipinski definition) is 2. The highest BCUT2D eigenvalue weighted by atomic mass is 16.5. The van der Waals surface area contributed by atoms with Crippen molar-refractivity contribution in [3.8, 4) is 0 Å². The summed E-state index contributed by atoms with van der Waals surface area (Å²) in [6.07, 6.45) is 0.386. The van der Waals surface area contributed by atoms with Crippen molar-refractivity contribution in [3.05, 3.63) is 35.9 Å². The van der Waals surface area contributed by atoms with Crippen LogP contribution < -0.4 is 5.32 Å². The van der Waals surface area contributed by atoms with Gasteiger partial charge in [-0.1, -0.05) is 30.3 Å². The summed E-state index contributed by atoms with van der Waals surface area (Å²) < 4.78 is 4.97. The number of carbonyl (C=O) groups excluding carboxylic acids is 2. The first-order chi connectivity index (χ1) is 10.9. The minimum atomic E-state index is -1.10. The summed E-state index contributed by atoms with van der Waals surface area (Å²) in [6, 6.07) is 8.41. The third kappa shape index (κ3) is 3.89. The maximum Gasteiger partial charge on any atom is 0.249 e. The minimum Gasteiger partial charge on any atom is -0.388 e. The van der Waals surface area contributed by atoms with Gasteiger partial charge in [0.15, 0.2) is 0 Å². The molecule has 0 bridgehead atoms. The molecule has 1 aliphatic rings. The van der Waals surface area contributed by atoms with Crippen molar-refractivity contribution < 1.29 is 19.4 Å². The van der Waals surface area contributed by atoms with Crippen molar-refractivity contribution in [1.82, 2.24) is 10.2 Å². The van der Waals surface area contributed by atoms with E-state index in [2.05, 4.69) is 5.32 Å². The van der Waals surface area contributed by atoms with Gasteiger partial charge in [0, 0.05) is 20.6 Å². The SMILES string of the molecule is COCC(=O)N1CCC(C)(O)C(NC(C)=O)C1c1ccccc1. The third-order valence-corrected chi connectivity index (χ3v) is 4.27. The van der Waals surface area contributed by atoms with Gasteiger partial charge in [-0.2, -0.15) is 0 Å². The largest absolute Gasteiger partial charge is 0.388 e. The molecular formula is C17H24N2O4. The van der Waals surface area contributed by atoms with Gasteiger partial charge in [-0.3, -0.25) is 9.59 Å². The predicted molar refractivity (Wildman–Crippen MR) is 85.6 cm³/mol. The van der Waals surface area contributed by atoms with Gasteiger partial charge >= 0.3 is 0 Å². The Kier molecular flexibility index (Phi) is 5.38. The van der Waals surface area contributed by atoms with E-state index >= 15 is 0 Å². The Morgan fingerprint density at radius 1 is 1.39 bits per heavy atom. The molecule has 0 radical (unpaired) electrons. The molecule has 0 aliphatic carbocycles. The van der Waals surface area contributed by atoms with E-state index in [4.69, 9.17) is 4.74 Å². The van der Waals surface area contributed by atoms with E-state index in [1.54, 1.807) is 11.8 Å². The molecule has 1 aliphatic heterocycles. The number of carbonyl (C=O) groups is 2. The Bertz CT molecular complexity index is 559. The molecule has 3 atom stereocenters. The van der Waals surface area contributed by atoms with Gasteiger partial charge in [0.25, 0.3) is 0 Å². The number of piperidine rings is 1. The topological polar surface area (TPSA) is 78.9 Å². The van der Waals surface area contributed by atoms with Crippen LogP contribution in [0.4, 0.5) is 0 Å². The van der Waals surface area contributed by atoms with E-state index in [0.717, 1.165) is 5.56 Å². The Morgan fingerprint density at radius 2 is 2.04 bits per heavy atom. The van der Waals surface area contributed by atoms with Gasteiger partial charge in [0.2, 0.25) is 11.8 Å². The highest BCUT2D eigenvalue weighted by Gasteiger charge is 2.47. The molecular weight excluding hydrogens is 296 g/mol. The first kappa shape index (κ1) is 17.4. The maximum absolute atomic E-state index is 12.4. The van der Waals surface area contributed by atoms with E-state index < -0.39 is 17.7 Å². The van der Waals surface area contributed by atoms with Crippen LogP contribution in [0.1, 0.15) is 31.9 Å². The van der Waals surface area contributed by atoms with Gasteiger partial charge in [0.05, 0.1) is 17.7 Å². The lowest BCUT2D eigenvalue weighted by Gasteiger charge is -2.49. The van der Waals surface area contributed by atoms with Crippen LogP contribution in [0.2, 0.25) is 0 Å². The number of hydrogen-bond acceptors (Lipinski definition) is 4. The van der Waals surface area contributed by atoms with Gasteiger partial charge < -0.3 is 20.1 Å². The highest BCUT2D eigenvalue weighted by Crippen LogP contribution is 2.37. The first-order valence-electron chi connectivity index (χ1n) is 7.69. The van der Waals surface area contributed by atoms with E-state index in [1.807, 2.05) is 30.3 Å². The molecule has 3 unspecified atom stereocenters. The van der Waals surface area contributed by atoms with E-state index in [-0.39, 0.29) is 18.4 Å². The monoisotopic (exact) mass is 320 g/mol. The van der Waals surface area contributed by atoms with E-state index in [1.165, 1.54) is 14.0 Å². The molecule has 23 heavy (non-hydrogen) atoms. The second-order valence-corrected chi connectivity index (χ2v) is 6.16. The van der Waals surface area contributed by atoms with Crippen molar-refractivity contribution in [3.63, 3.8) is 0 Å². The Balaban J connectivity index is 2.44. The fourth-order valence-corrected chi connectivity index (χ4v) is 3.12. The summed E-state index contributed by atoms with van der Waals surface area (Å²) in [5, 5.41) is 13.6. The van der Waals surface area contributed by atoms with Gasteiger partial charge in [0.1, 0.15) is 6.61 Å². The second kappa shape index (κ2) is 7.10. The number of rotatable bonds is 4. The fourth-order valence-electron chi connectivity index (χ4n) is 3.12. The van der Waals surface area contributed by atoms with E-state index in [9.17, 15) is 14.7 Å². The van der Waals surface area contributed by atoms with Crippen LogP contribution in [0.5, 0.6) is 0 Å². The molecule has 6 nitrogen and oxygen atoms in total. The minimum absolute atomic E-state index is 0.0295. The molecule has 0 aromatic heterocycles. The molecule has 6 heteroatoms. The number of benzene rings is 1. The van der Waals surface area contributed by atoms with Crippen molar-refractivity contribution >= 4 is 11.8 Å². The quantitative estimate of drug-likeness (QED) is 0.862. The van der Waals surface area contributed by atoms with Crippen molar-refractivity contribution in [2.45, 2.75) is 38.0 Å². The molecule has 2 rings (SSSR count). The second-order valence-electron chi connectivity index (χ2n) is 6.16. The standard InChI is InChI=1S/C17H24N2O4/c1-12(20)18-16-15(13-7-5-4-6-8-13)19(14(21)11-23-3)10-9-17(16,2)22/h4-8,15-16,22H,9-11H2,1-3H3,(H,18,20). The summed E-state index contributed by atoms with van der Waals surface area (Å²) >= 11 is 0. The lowest BCUT2D eigenvalue weighted by Crippen LogP contribution is -2.63. The zero-order chi connectivity index (χ0) is 17.0. The van der Waals surface area contributed by atoms with Crippen molar-refractivity contribution in [2.24, 2.45) is 0 Å². The molecule has 2 N–H and O–H groups in total. The summed E-state index contributed by atoms with van der Waals surface area (Å²) in [7, 11) is 1.47. The molecule has 1 fully saturated rings. The van der Waals surface area contributed by atoms with Crippen LogP contribution in [0.25, 0.3) is 0 Å². The number of likely N-dealkylation sites (tertiary alicyclic amines) is 1. The predicted octanol–water partition coefficient (Wildman–Crippen LogP) is 0.862. The van der Waals surface area contributed by atoms with Gasteiger partial charge in [-0.25, -0.2) is 0 Å². The lowest BCUT2D eigenvalue weighted by molar-refractivity contribution is -0.149. The molecule has 1 heterocycles. The molecule has 0 saturated carbocycles. The zero-order valence-electron chi connectivity index (χ0n) is 13.8. The fraction of sp³-hybridized carbons (Fsp3) is 0.529. The number of nitrogens with zero attached hydrogens (tertiary/aromatic N) is 1. The molecule has 1 saturated heterocycles. The van der Waals surface area contributed by atoms with E-state index in [0.29, 0.717) is 13.0 Å². The van der Waals surface area contributed by atoms with Gasteiger partial charge in [-0.05, 0) is 18.9 Å². The average Bonchev–Trinajstić information content (AvgIpc) is 2.49. The normalized spacial score (nSPS) is 27.6. The number of nitrogens with one attached hydrogen (secondary N) is 1. The summed E-state index contributed by atoms with van der Waals surface area (Å²) in [5.41, 5.74) is -0.230. The van der Waals surface area contributed by atoms with Crippen LogP contribution in [0.15, 0.2) is 30.3 Å². The Morgan fingerprint density at radius 3 is 2.61 bits per heavy atom. The Hall–Kier alpha value is -1.92. The molecule has 1 aromatic rings. The maximum atomic E-state index is 12.4. The smallest absolute Gasteiger partial charge is 0.249 e. The Labute approximate surface area is 136 Å². The molecule has 1 aromatic carbocycles. The molecule has 126 valence electrons. The summed E-state index contributed by atoms with van der Waals surface area (Å²) in [5.74, 6) is -0.399. The summed E-state index contributed by atoms with van der Waals surface area (Å²) in [4.78, 5) is 25.7. The molecule has 0 spiro atoms. The van der Waals surface area contributed by atoms with Crippen LogP contribution in [0, 0.1) is 0 Å². The van der Waals surface area contributed by atoms with Crippen LogP contribution in [-0.2, 0) is 14.3 Å². The highest BCUT2D eigenvalue weighted by molar-refractivity contribution is 5.79. The van der Waals surface area contributed by atoms with Crippen LogP contribution >= 0.6 is 0 Å². The average molecular weight is 320 g/mol.